The van der Waals surface area contributed by atoms with Crippen LogP contribution >= 0.6 is 0 Å². The molecule has 0 radical (unpaired) electrons. The molecule has 0 saturated carbocycles. The number of anilines is 1. The summed E-state index contributed by atoms with van der Waals surface area (Å²) in [5.41, 5.74) is 1.08. The highest BCUT2D eigenvalue weighted by atomic mass is 19.2. The first-order chi connectivity index (χ1) is 10.5. The van der Waals surface area contributed by atoms with E-state index < -0.39 is 23.4 Å². The van der Waals surface area contributed by atoms with Gasteiger partial charge in [-0.15, -0.1) is 0 Å². The largest absolute Gasteiger partial charge is 0.322 e. The van der Waals surface area contributed by atoms with Crippen LogP contribution in [0.4, 0.5) is 18.9 Å². The molecular weight excluding hydrogens is 293 g/mol. The van der Waals surface area contributed by atoms with Crippen molar-refractivity contribution in [1.82, 2.24) is 5.32 Å². The molecule has 0 unspecified atom stereocenters. The number of rotatable bonds is 5. The maximum Gasteiger partial charge on any atom is 0.255 e. The van der Waals surface area contributed by atoms with Gasteiger partial charge in [0.15, 0.2) is 17.5 Å². The van der Waals surface area contributed by atoms with Gasteiger partial charge in [0.2, 0.25) is 0 Å². The summed E-state index contributed by atoms with van der Waals surface area (Å²) in [7, 11) is 0. The van der Waals surface area contributed by atoms with Crippen LogP contribution in [0.1, 0.15) is 22.8 Å². The van der Waals surface area contributed by atoms with Gasteiger partial charge in [-0.3, -0.25) is 4.79 Å². The standard InChI is InChI=1S/C16H15F3N2O/c1-2-20-9-10-5-3-4-6-14(10)21-16(22)11-7-12(17)15(19)13(18)8-11/h3-8,20H,2,9H2,1H3,(H,21,22). The van der Waals surface area contributed by atoms with E-state index in [0.29, 0.717) is 24.4 Å². The molecule has 0 heterocycles. The third-order valence-electron chi connectivity index (χ3n) is 3.08. The van der Waals surface area contributed by atoms with Crippen molar-refractivity contribution in [3.63, 3.8) is 0 Å². The molecule has 0 atom stereocenters. The highest BCUT2D eigenvalue weighted by Crippen LogP contribution is 2.18. The Balaban J connectivity index is 2.22. The molecule has 1 amide bonds. The van der Waals surface area contributed by atoms with Crippen molar-refractivity contribution in [2.24, 2.45) is 0 Å². The summed E-state index contributed by atoms with van der Waals surface area (Å²) in [6.07, 6.45) is 0. The van der Waals surface area contributed by atoms with E-state index in [1.54, 1.807) is 12.1 Å². The zero-order valence-corrected chi connectivity index (χ0v) is 11.9. The minimum Gasteiger partial charge on any atom is -0.322 e. The van der Waals surface area contributed by atoms with Crippen molar-refractivity contribution >= 4 is 11.6 Å². The summed E-state index contributed by atoms with van der Waals surface area (Å²) in [5, 5.41) is 5.70. The van der Waals surface area contributed by atoms with Crippen LogP contribution in [-0.4, -0.2) is 12.5 Å². The monoisotopic (exact) mass is 308 g/mol. The fourth-order valence-electron chi connectivity index (χ4n) is 1.94. The number of carbonyl (C=O) groups excluding carboxylic acids is 1. The van der Waals surface area contributed by atoms with Crippen molar-refractivity contribution in [1.29, 1.82) is 0 Å². The first-order valence-electron chi connectivity index (χ1n) is 6.77. The molecule has 0 aliphatic rings. The second-order valence-corrected chi connectivity index (χ2v) is 4.65. The van der Waals surface area contributed by atoms with E-state index in [-0.39, 0.29) is 5.56 Å². The molecule has 2 N–H and O–H groups in total. The zero-order valence-electron chi connectivity index (χ0n) is 11.9. The highest BCUT2D eigenvalue weighted by molar-refractivity contribution is 6.04. The predicted octanol–water partition coefficient (Wildman–Crippen LogP) is 3.47. The maximum atomic E-state index is 13.2. The average molecular weight is 308 g/mol. The number of carbonyl (C=O) groups is 1. The fraction of sp³-hybridized carbons (Fsp3) is 0.188. The van der Waals surface area contributed by atoms with Crippen molar-refractivity contribution in [3.8, 4) is 0 Å². The van der Waals surface area contributed by atoms with E-state index in [4.69, 9.17) is 0 Å². The molecule has 0 fully saturated rings. The molecule has 0 saturated heterocycles. The van der Waals surface area contributed by atoms with E-state index in [9.17, 15) is 18.0 Å². The van der Waals surface area contributed by atoms with Gasteiger partial charge in [0.1, 0.15) is 0 Å². The Morgan fingerprint density at radius 3 is 2.36 bits per heavy atom. The molecule has 0 aliphatic heterocycles. The van der Waals surface area contributed by atoms with Crippen molar-refractivity contribution in [2.45, 2.75) is 13.5 Å². The lowest BCUT2D eigenvalue weighted by Gasteiger charge is -2.11. The Labute approximate surface area is 126 Å². The molecule has 22 heavy (non-hydrogen) atoms. The van der Waals surface area contributed by atoms with E-state index in [2.05, 4.69) is 10.6 Å². The molecule has 6 heteroatoms. The Morgan fingerprint density at radius 2 is 1.73 bits per heavy atom. The molecule has 3 nitrogen and oxygen atoms in total. The third kappa shape index (κ3) is 3.65. The minimum atomic E-state index is -1.59. The molecule has 2 aromatic rings. The second-order valence-electron chi connectivity index (χ2n) is 4.65. The van der Waals surface area contributed by atoms with Gasteiger partial charge in [-0.1, -0.05) is 25.1 Å². The van der Waals surface area contributed by atoms with E-state index in [1.807, 2.05) is 19.1 Å². The van der Waals surface area contributed by atoms with E-state index >= 15 is 0 Å². The van der Waals surface area contributed by atoms with Crippen molar-refractivity contribution < 1.29 is 18.0 Å². The summed E-state index contributed by atoms with van der Waals surface area (Å²) in [6, 6.07) is 8.39. The predicted molar refractivity (Wildman–Crippen MR) is 78.1 cm³/mol. The maximum absolute atomic E-state index is 13.2. The Bertz CT molecular complexity index is 666. The first kappa shape index (κ1) is 16.0. The lowest BCUT2D eigenvalue weighted by molar-refractivity contribution is 0.102. The minimum absolute atomic E-state index is 0.283. The Kier molecular flexibility index (Phi) is 5.16. The van der Waals surface area contributed by atoms with Gasteiger partial charge < -0.3 is 10.6 Å². The van der Waals surface area contributed by atoms with Crippen LogP contribution < -0.4 is 10.6 Å². The Morgan fingerprint density at radius 1 is 1.09 bits per heavy atom. The molecule has 2 rings (SSSR count). The number of para-hydroxylation sites is 1. The number of halogens is 3. The highest BCUT2D eigenvalue weighted by Gasteiger charge is 2.16. The van der Waals surface area contributed by atoms with Gasteiger partial charge in [-0.25, -0.2) is 13.2 Å². The number of hydrogen-bond acceptors (Lipinski definition) is 2. The Hall–Kier alpha value is -2.34. The topological polar surface area (TPSA) is 41.1 Å². The number of nitrogens with one attached hydrogen (secondary N) is 2. The van der Waals surface area contributed by atoms with Crippen LogP contribution in [0.25, 0.3) is 0 Å². The van der Waals surface area contributed by atoms with Crippen LogP contribution in [0.3, 0.4) is 0 Å². The molecule has 0 aliphatic carbocycles. The smallest absolute Gasteiger partial charge is 0.255 e. The van der Waals surface area contributed by atoms with Gasteiger partial charge >= 0.3 is 0 Å². The summed E-state index contributed by atoms with van der Waals surface area (Å²) in [4.78, 5) is 12.1. The SMILES string of the molecule is CCNCc1ccccc1NC(=O)c1cc(F)c(F)c(F)c1. The molecule has 2 aromatic carbocycles. The van der Waals surface area contributed by atoms with Crippen LogP contribution in [-0.2, 0) is 6.54 Å². The lowest BCUT2D eigenvalue weighted by Crippen LogP contribution is -2.17. The van der Waals surface area contributed by atoms with E-state index in [0.717, 1.165) is 12.1 Å². The quantitative estimate of drug-likeness (QED) is 0.831. The summed E-state index contributed by atoms with van der Waals surface area (Å²) >= 11 is 0. The van der Waals surface area contributed by atoms with Gasteiger partial charge in [-0.2, -0.15) is 0 Å². The van der Waals surface area contributed by atoms with Crippen LogP contribution in [0.2, 0.25) is 0 Å². The fourth-order valence-corrected chi connectivity index (χ4v) is 1.94. The molecule has 116 valence electrons. The lowest BCUT2D eigenvalue weighted by atomic mass is 10.1. The van der Waals surface area contributed by atoms with E-state index in [1.165, 1.54) is 0 Å². The molecule has 0 aromatic heterocycles. The molecular formula is C16H15F3N2O. The molecule has 0 bridgehead atoms. The second kappa shape index (κ2) is 7.09. The first-order valence-corrected chi connectivity index (χ1v) is 6.77. The van der Waals surface area contributed by atoms with Gasteiger partial charge in [0, 0.05) is 17.8 Å². The zero-order chi connectivity index (χ0) is 16.1. The van der Waals surface area contributed by atoms with Crippen molar-refractivity contribution in [2.75, 3.05) is 11.9 Å². The number of hydrogen-bond donors (Lipinski definition) is 2. The van der Waals surface area contributed by atoms with Gasteiger partial charge in [-0.05, 0) is 30.3 Å². The van der Waals surface area contributed by atoms with Crippen LogP contribution in [0, 0.1) is 17.5 Å². The van der Waals surface area contributed by atoms with Gasteiger partial charge in [0.05, 0.1) is 0 Å². The normalized spacial score (nSPS) is 10.5. The van der Waals surface area contributed by atoms with Crippen molar-refractivity contribution in [3.05, 3.63) is 65.0 Å². The third-order valence-corrected chi connectivity index (χ3v) is 3.08. The summed E-state index contributed by atoms with van der Waals surface area (Å²) < 4.78 is 39.3. The van der Waals surface area contributed by atoms with Crippen LogP contribution in [0.5, 0.6) is 0 Å². The summed E-state index contributed by atoms with van der Waals surface area (Å²) in [5.74, 6) is -5.09. The summed E-state index contributed by atoms with van der Waals surface area (Å²) in [6.45, 7) is 3.25. The average Bonchev–Trinajstić information content (AvgIpc) is 2.51. The molecule has 0 spiro atoms. The number of amides is 1. The van der Waals surface area contributed by atoms with Crippen LogP contribution in [0.15, 0.2) is 36.4 Å². The number of benzene rings is 2. The van der Waals surface area contributed by atoms with Gasteiger partial charge in [0.25, 0.3) is 5.91 Å².